The number of carbonyl (C=O) groups is 1. The zero-order valence-corrected chi connectivity index (χ0v) is 11.3. The average molecular weight is 263 g/mol. The first-order valence-electron chi connectivity index (χ1n) is 6.84. The molecule has 1 heterocycles. The summed E-state index contributed by atoms with van der Waals surface area (Å²) in [5.74, 6) is 0.979. The number of amides is 1. The Balaban J connectivity index is 1.94. The van der Waals surface area contributed by atoms with Gasteiger partial charge >= 0.3 is 0 Å². The first kappa shape index (κ1) is 13.8. The number of pyridine rings is 1. The summed E-state index contributed by atoms with van der Waals surface area (Å²) >= 11 is 0. The Kier molecular flexibility index (Phi) is 4.74. The van der Waals surface area contributed by atoms with E-state index in [-0.39, 0.29) is 11.8 Å². The van der Waals surface area contributed by atoms with Crippen LogP contribution in [-0.2, 0) is 4.79 Å². The van der Waals surface area contributed by atoms with Crippen LogP contribution in [-0.4, -0.2) is 24.0 Å². The summed E-state index contributed by atoms with van der Waals surface area (Å²) in [4.78, 5) is 16.3. The molecule has 2 atom stereocenters. The number of carbonyl (C=O) groups excluding carboxylic acids is 1. The van der Waals surface area contributed by atoms with Crippen molar-refractivity contribution < 1.29 is 9.53 Å². The van der Waals surface area contributed by atoms with E-state index in [1.54, 1.807) is 12.3 Å². The Bertz CT molecular complexity index is 419. The predicted octanol–water partition coefficient (Wildman–Crippen LogP) is 1.79. The lowest BCUT2D eigenvalue weighted by atomic mass is 9.95. The van der Waals surface area contributed by atoms with Gasteiger partial charge in [-0.2, -0.15) is 0 Å². The number of anilines is 1. The fraction of sp³-hybridized carbons (Fsp3) is 0.571. The molecule has 104 valence electrons. The number of rotatable bonds is 5. The van der Waals surface area contributed by atoms with Crippen LogP contribution in [0.15, 0.2) is 18.3 Å². The summed E-state index contributed by atoms with van der Waals surface area (Å²) in [7, 11) is 0. The SMILES string of the molecule is CCOc1ccc(NC(=O)C2CCCC2CN)cn1. The minimum Gasteiger partial charge on any atom is -0.478 e. The van der Waals surface area contributed by atoms with E-state index in [9.17, 15) is 4.79 Å². The quantitative estimate of drug-likeness (QED) is 0.849. The van der Waals surface area contributed by atoms with Crippen molar-refractivity contribution >= 4 is 11.6 Å². The second-order valence-electron chi connectivity index (χ2n) is 4.84. The lowest BCUT2D eigenvalue weighted by Crippen LogP contribution is -2.29. The standard InChI is InChI=1S/C14H21N3O2/c1-2-19-13-7-6-11(9-16-13)17-14(18)12-5-3-4-10(12)8-15/h6-7,9-10,12H,2-5,8,15H2,1H3,(H,17,18). The van der Waals surface area contributed by atoms with Gasteiger partial charge in [-0.15, -0.1) is 0 Å². The molecule has 0 spiro atoms. The fourth-order valence-corrected chi connectivity index (χ4v) is 2.59. The van der Waals surface area contributed by atoms with Gasteiger partial charge in [-0.1, -0.05) is 6.42 Å². The van der Waals surface area contributed by atoms with Gasteiger partial charge in [-0.25, -0.2) is 4.98 Å². The van der Waals surface area contributed by atoms with Crippen molar-refractivity contribution in [2.75, 3.05) is 18.5 Å². The van der Waals surface area contributed by atoms with Crippen molar-refractivity contribution in [1.82, 2.24) is 4.98 Å². The predicted molar refractivity (Wildman–Crippen MR) is 73.9 cm³/mol. The molecule has 3 N–H and O–H groups in total. The van der Waals surface area contributed by atoms with Gasteiger partial charge in [0.2, 0.25) is 11.8 Å². The molecular formula is C14H21N3O2. The summed E-state index contributed by atoms with van der Waals surface area (Å²) in [6.45, 7) is 3.07. The smallest absolute Gasteiger partial charge is 0.227 e. The van der Waals surface area contributed by atoms with Crippen LogP contribution in [0.3, 0.4) is 0 Å². The topological polar surface area (TPSA) is 77.2 Å². The Hall–Kier alpha value is -1.62. The summed E-state index contributed by atoms with van der Waals surface area (Å²) < 4.78 is 5.26. The molecule has 5 nitrogen and oxygen atoms in total. The molecule has 1 fully saturated rings. The van der Waals surface area contributed by atoms with E-state index in [2.05, 4.69) is 10.3 Å². The fourth-order valence-electron chi connectivity index (χ4n) is 2.59. The molecule has 1 saturated carbocycles. The molecule has 2 unspecified atom stereocenters. The summed E-state index contributed by atoms with van der Waals surface area (Å²) in [6, 6.07) is 3.57. The number of aromatic nitrogens is 1. The summed E-state index contributed by atoms with van der Waals surface area (Å²) in [5.41, 5.74) is 6.40. The monoisotopic (exact) mass is 263 g/mol. The lowest BCUT2D eigenvalue weighted by molar-refractivity contribution is -0.120. The molecule has 19 heavy (non-hydrogen) atoms. The number of hydrogen-bond donors (Lipinski definition) is 2. The van der Waals surface area contributed by atoms with Crippen LogP contribution in [0, 0.1) is 11.8 Å². The summed E-state index contributed by atoms with van der Waals surface area (Å²) in [5, 5.41) is 2.90. The molecule has 0 radical (unpaired) electrons. The molecule has 5 heteroatoms. The van der Waals surface area contributed by atoms with Gasteiger partial charge in [-0.3, -0.25) is 4.79 Å². The van der Waals surface area contributed by atoms with Gasteiger partial charge in [0, 0.05) is 12.0 Å². The van der Waals surface area contributed by atoms with Gasteiger partial charge in [0.25, 0.3) is 0 Å². The van der Waals surface area contributed by atoms with E-state index in [1.165, 1.54) is 0 Å². The number of hydrogen-bond acceptors (Lipinski definition) is 4. The van der Waals surface area contributed by atoms with Gasteiger partial charge in [0.15, 0.2) is 0 Å². The lowest BCUT2D eigenvalue weighted by Gasteiger charge is -2.17. The number of nitrogens with one attached hydrogen (secondary N) is 1. The minimum atomic E-state index is 0.0385. The molecule has 1 aliphatic rings. The third-order valence-corrected chi connectivity index (χ3v) is 3.59. The molecule has 2 rings (SSSR count). The zero-order chi connectivity index (χ0) is 13.7. The molecule has 0 aliphatic heterocycles. The van der Waals surface area contributed by atoms with E-state index < -0.39 is 0 Å². The van der Waals surface area contributed by atoms with Crippen LogP contribution in [0.2, 0.25) is 0 Å². The molecular weight excluding hydrogens is 242 g/mol. The largest absolute Gasteiger partial charge is 0.478 e. The Morgan fingerprint density at radius 3 is 3.00 bits per heavy atom. The molecule has 1 aliphatic carbocycles. The number of nitrogens with zero attached hydrogens (tertiary/aromatic N) is 1. The maximum Gasteiger partial charge on any atom is 0.227 e. The molecule has 1 aromatic heterocycles. The van der Waals surface area contributed by atoms with Gasteiger partial charge in [0.1, 0.15) is 0 Å². The van der Waals surface area contributed by atoms with Crippen molar-refractivity contribution in [3.63, 3.8) is 0 Å². The second-order valence-corrected chi connectivity index (χ2v) is 4.84. The highest BCUT2D eigenvalue weighted by Gasteiger charge is 2.31. The van der Waals surface area contributed by atoms with E-state index in [1.807, 2.05) is 13.0 Å². The molecule has 1 amide bonds. The van der Waals surface area contributed by atoms with Crippen LogP contribution < -0.4 is 15.8 Å². The Morgan fingerprint density at radius 2 is 2.37 bits per heavy atom. The maximum atomic E-state index is 12.2. The third-order valence-electron chi connectivity index (χ3n) is 3.59. The third kappa shape index (κ3) is 3.44. The van der Waals surface area contributed by atoms with Crippen molar-refractivity contribution in [3.05, 3.63) is 18.3 Å². The van der Waals surface area contributed by atoms with Crippen LogP contribution in [0.25, 0.3) is 0 Å². The van der Waals surface area contributed by atoms with Crippen LogP contribution >= 0.6 is 0 Å². The minimum absolute atomic E-state index is 0.0385. The van der Waals surface area contributed by atoms with Crippen molar-refractivity contribution in [1.29, 1.82) is 0 Å². The van der Waals surface area contributed by atoms with Crippen molar-refractivity contribution in [2.45, 2.75) is 26.2 Å². The van der Waals surface area contributed by atoms with Crippen LogP contribution in [0.4, 0.5) is 5.69 Å². The summed E-state index contributed by atoms with van der Waals surface area (Å²) in [6.07, 6.45) is 4.69. The van der Waals surface area contributed by atoms with E-state index in [0.717, 1.165) is 19.3 Å². The van der Waals surface area contributed by atoms with Crippen molar-refractivity contribution in [2.24, 2.45) is 17.6 Å². The normalized spacial score (nSPS) is 22.2. The van der Waals surface area contributed by atoms with Gasteiger partial charge in [0.05, 0.1) is 18.5 Å². The highest BCUT2D eigenvalue weighted by molar-refractivity contribution is 5.92. The van der Waals surface area contributed by atoms with Gasteiger partial charge in [-0.05, 0) is 38.3 Å². The number of nitrogens with two attached hydrogens (primary N) is 1. The van der Waals surface area contributed by atoms with Crippen LogP contribution in [0.5, 0.6) is 5.88 Å². The number of ether oxygens (including phenoxy) is 1. The highest BCUT2D eigenvalue weighted by Crippen LogP contribution is 2.31. The zero-order valence-electron chi connectivity index (χ0n) is 11.3. The van der Waals surface area contributed by atoms with Crippen molar-refractivity contribution in [3.8, 4) is 5.88 Å². The first-order valence-corrected chi connectivity index (χ1v) is 6.84. The van der Waals surface area contributed by atoms with E-state index >= 15 is 0 Å². The van der Waals surface area contributed by atoms with E-state index in [4.69, 9.17) is 10.5 Å². The highest BCUT2D eigenvalue weighted by atomic mass is 16.5. The first-order chi connectivity index (χ1) is 9.24. The van der Waals surface area contributed by atoms with Gasteiger partial charge < -0.3 is 15.8 Å². The second kappa shape index (κ2) is 6.52. The molecule has 0 aromatic carbocycles. The molecule has 0 saturated heterocycles. The Labute approximate surface area is 113 Å². The maximum absolute atomic E-state index is 12.2. The average Bonchev–Trinajstić information content (AvgIpc) is 2.90. The molecule has 1 aromatic rings. The Morgan fingerprint density at radius 1 is 1.53 bits per heavy atom. The van der Waals surface area contributed by atoms with E-state index in [0.29, 0.717) is 30.6 Å². The molecule has 0 bridgehead atoms. The van der Waals surface area contributed by atoms with Crippen LogP contribution in [0.1, 0.15) is 26.2 Å².